The Hall–Kier alpha value is -1.40. The summed E-state index contributed by atoms with van der Waals surface area (Å²) in [4.78, 5) is 8.43. The van der Waals surface area contributed by atoms with Gasteiger partial charge in [0.2, 0.25) is 0 Å². The lowest BCUT2D eigenvalue weighted by Crippen LogP contribution is -2.07. The Balaban J connectivity index is 2.31. The zero-order chi connectivity index (χ0) is 12.3. The molecule has 0 fully saturated rings. The van der Waals surface area contributed by atoms with Gasteiger partial charge in [-0.1, -0.05) is 0 Å². The number of hydrogen-bond donors (Lipinski definition) is 1. The van der Waals surface area contributed by atoms with Crippen molar-refractivity contribution < 1.29 is 0 Å². The molecule has 17 heavy (non-hydrogen) atoms. The third-order valence-corrected chi connectivity index (χ3v) is 3.47. The molecule has 2 aromatic heterocycles. The summed E-state index contributed by atoms with van der Waals surface area (Å²) in [5, 5.41) is 9.41. The maximum Gasteiger partial charge on any atom is 0.193 e. The summed E-state index contributed by atoms with van der Waals surface area (Å²) < 4.78 is 1.88. The van der Waals surface area contributed by atoms with E-state index in [9.17, 15) is 0 Å². The minimum atomic E-state index is 0.743. The van der Waals surface area contributed by atoms with Gasteiger partial charge in [0, 0.05) is 31.5 Å². The quantitative estimate of drug-likeness (QED) is 0.830. The molecule has 0 amide bonds. The molecular formula is C11H15N5S. The van der Waals surface area contributed by atoms with E-state index in [0.717, 1.165) is 22.4 Å². The molecular weight excluding hydrogens is 234 g/mol. The Morgan fingerprint density at radius 3 is 2.71 bits per heavy atom. The van der Waals surface area contributed by atoms with Gasteiger partial charge in [-0.3, -0.25) is 4.68 Å². The second-order valence-corrected chi connectivity index (χ2v) is 4.61. The van der Waals surface area contributed by atoms with Crippen LogP contribution in [0, 0.1) is 6.92 Å². The van der Waals surface area contributed by atoms with Crippen molar-refractivity contribution >= 4 is 11.8 Å². The average molecular weight is 249 g/mol. The monoisotopic (exact) mass is 249 g/mol. The molecule has 0 radical (unpaired) electrons. The van der Waals surface area contributed by atoms with Gasteiger partial charge in [-0.05, 0) is 31.8 Å². The zero-order valence-electron chi connectivity index (χ0n) is 10.1. The smallest absolute Gasteiger partial charge is 0.193 e. The summed E-state index contributed by atoms with van der Waals surface area (Å²) in [6, 6.07) is 1.81. The number of hydrogen-bond acceptors (Lipinski definition) is 5. The van der Waals surface area contributed by atoms with Crippen molar-refractivity contribution in [3.8, 4) is 0 Å². The van der Waals surface area contributed by atoms with Crippen molar-refractivity contribution in [2.45, 2.75) is 23.7 Å². The van der Waals surface area contributed by atoms with Gasteiger partial charge >= 0.3 is 0 Å². The molecule has 0 unspecified atom stereocenters. The van der Waals surface area contributed by atoms with Crippen LogP contribution < -0.4 is 5.32 Å². The van der Waals surface area contributed by atoms with Crippen LogP contribution in [0.3, 0.4) is 0 Å². The number of rotatable bonds is 4. The molecule has 0 aliphatic rings. The number of nitrogens with one attached hydrogen (secondary N) is 1. The predicted molar refractivity (Wildman–Crippen MR) is 66.9 cm³/mol. The van der Waals surface area contributed by atoms with Crippen LogP contribution in [-0.4, -0.2) is 26.8 Å². The van der Waals surface area contributed by atoms with Gasteiger partial charge in [0.25, 0.3) is 0 Å². The zero-order valence-corrected chi connectivity index (χ0v) is 11.0. The van der Waals surface area contributed by atoms with Crippen LogP contribution >= 0.6 is 11.8 Å². The molecule has 0 aliphatic heterocycles. The largest absolute Gasteiger partial charge is 0.316 e. The van der Waals surface area contributed by atoms with Crippen LogP contribution in [-0.2, 0) is 13.6 Å². The molecule has 6 heteroatoms. The first-order valence-electron chi connectivity index (χ1n) is 5.34. The molecule has 0 spiro atoms. The second kappa shape index (κ2) is 5.29. The highest BCUT2D eigenvalue weighted by atomic mass is 32.2. The third-order valence-electron chi connectivity index (χ3n) is 2.37. The van der Waals surface area contributed by atoms with Crippen LogP contribution in [0.25, 0.3) is 0 Å². The van der Waals surface area contributed by atoms with Crippen molar-refractivity contribution in [3.63, 3.8) is 0 Å². The summed E-state index contributed by atoms with van der Waals surface area (Å²) >= 11 is 1.54. The van der Waals surface area contributed by atoms with E-state index in [2.05, 4.69) is 20.4 Å². The van der Waals surface area contributed by atoms with Crippen molar-refractivity contribution in [3.05, 3.63) is 29.7 Å². The highest BCUT2D eigenvalue weighted by molar-refractivity contribution is 7.99. The number of aromatic nitrogens is 4. The fourth-order valence-electron chi connectivity index (χ4n) is 1.61. The minimum absolute atomic E-state index is 0.743. The summed E-state index contributed by atoms with van der Waals surface area (Å²) in [7, 11) is 3.87. The van der Waals surface area contributed by atoms with Crippen LogP contribution in [0.1, 0.15) is 11.3 Å². The maximum absolute atomic E-state index is 4.43. The van der Waals surface area contributed by atoms with Crippen LogP contribution in [0.4, 0.5) is 0 Å². The van der Waals surface area contributed by atoms with E-state index in [-0.39, 0.29) is 0 Å². The van der Waals surface area contributed by atoms with Crippen LogP contribution in [0.5, 0.6) is 0 Å². The topological polar surface area (TPSA) is 55.6 Å². The Kier molecular flexibility index (Phi) is 3.75. The van der Waals surface area contributed by atoms with E-state index in [1.54, 1.807) is 12.4 Å². The normalized spacial score (nSPS) is 10.8. The fraction of sp³-hybridized carbons (Fsp3) is 0.364. The van der Waals surface area contributed by atoms with Crippen molar-refractivity contribution in [1.82, 2.24) is 25.1 Å². The highest BCUT2D eigenvalue weighted by Gasteiger charge is 2.14. The second-order valence-electron chi connectivity index (χ2n) is 3.66. The van der Waals surface area contributed by atoms with Crippen LogP contribution in [0.2, 0.25) is 0 Å². The minimum Gasteiger partial charge on any atom is -0.316 e. The molecule has 0 saturated heterocycles. The molecule has 0 atom stereocenters. The van der Waals surface area contributed by atoms with E-state index in [0.29, 0.717) is 0 Å². The van der Waals surface area contributed by atoms with E-state index < -0.39 is 0 Å². The van der Waals surface area contributed by atoms with E-state index in [4.69, 9.17) is 0 Å². The van der Waals surface area contributed by atoms with Gasteiger partial charge in [0.05, 0.1) is 5.69 Å². The summed E-state index contributed by atoms with van der Waals surface area (Å²) in [5.74, 6) is 0. The summed E-state index contributed by atoms with van der Waals surface area (Å²) in [5.41, 5.74) is 2.24. The molecule has 2 rings (SSSR count). The standard InChI is InChI=1S/C11H15N5S/c1-8-9(7-12-2)10(16(3)15-8)17-11-13-5-4-6-14-11/h4-6,12H,7H2,1-3H3. The molecule has 0 bridgehead atoms. The molecule has 0 saturated carbocycles. The SMILES string of the molecule is CNCc1c(C)nn(C)c1Sc1ncccn1. The Labute approximate surface area is 105 Å². The average Bonchev–Trinajstić information content (AvgIpc) is 2.58. The maximum atomic E-state index is 4.43. The van der Waals surface area contributed by atoms with Gasteiger partial charge in [0.15, 0.2) is 5.16 Å². The summed E-state index contributed by atoms with van der Waals surface area (Å²) in [6.45, 7) is 2.82. The molecule has 2 aromatic rings. The first-order chi connectivity index (χ1) is 8.22. The van der Waals surface area contributed by atoms with Gasteiger partial charge in [0.1, 0.15) is 5.03 Å². The van der Waals surface area contributed by atoms with Gasteiger partial charge < -0.3 is 5.32 Å². The molecule has 2 heterocycles. The molecule has 0 aliphatic carbocycles. The number of nitrogens with zero attached hydrogens (tertiary/aromatic N) is 4. The predicted octanol–water partition coefficient (Wildman–Crippen LogP) is 1.39. The lowest BCUT2D eigenvalue weighted by Gasteiger charge is -2.04. The molecule has 0 aromatic carbocycles. The van der Waals surface area contributed by atoms with Crippen LogP contribution in [0.15, 0.2) is 28.6 Å². The lowest BCUT2D eigenvalue weighted by molar-refractivity contribution is 0.682. The Morgan fingerprint density at radius 2 is 2.06 bits per heavy atom. The highest BCUT2D eigenvalue weighted by Crippen LogP contribution is 2.28. The van der Waals surface area contributed by atoms with E-state index in [1.165, 1.54) is 17.3 Å². The lowest BCUT2D eigenvalue weighted by atomic mass is 10.3. The molecule has 90 valence electrons. The Morgan fingerprint density at radius 1 is 1.35 bits per heavy atom. The molecule has 5 nitrogen and oxygen atoms in total. The van der Waals surface area contributed by atoms with Gasteiger partial charge in [-0.15, -0.1) is 0 Å². The van der Waals surface area contributed by atoms with Gasteiger partial charge in [-0.25, -0.2) is 9.97 Å². The number of aryl methyl sites for hydroxylation is 2. The van der Waals surface area contributed by atoms with Crippen molar-refractivity contribution in [2.75, 3.05) is 7.05 Å². The van der Waals surface area contributed by atoms with E-state index >= 15 is 0 Å². The first kappa shape index (κ1) is 12.1. The first-order valence-corrected chi connectivity index (χ1v) is 6.16. The third kappa shape index (κ3) is 2.65. The van der Waals surface area contributed by atoms with E-state index in [1.807, 2.05) is 31.8 Å². The Bertz CT molecular complexity index is 494. The van der Waals surface area contributed by atoms with Crippen molar-refractivity contribution in [1.29, 1.82) is 0 Å². The van der Waals surface area contributed by atoms with Crippen molar-refractivity contribution in [2.24, 2.45) is 7.05 Å². The van der Waals surface area contributed by atoms with Gasteiger partial charge in [-0.2, -0.15) is 5.10 Å². The fourth-order valence-corrected chi connectivity index (χ4v) is 2.53. The summed E-state index contributed by atoms with van der Waals surface area (Å²) in [6.07, 6.45) is 3.49. The molecule has 1 N–H and O–H groups in total.